The van der Waals surface area contributed by atoms with Gasteiger partial charge in [0.15, 0.2) is 0 Å². The molecule has 0 unspecified atom stereocenters. The SMILES string of the molecule is c1cncc(CN(Cc2cccc(-n3cccn3)c2)C[C@H]2CCCN(C3CCCCC3)C2)c1. The van der Waals surface area contributed by atoms with Crippen LogP contribution in [-0.2, 0) is 13.1 Å². The summed E-state index contributed by atoms with van der Waals surface area (Å²) in [5.74, 6) is 0.742. The first-order valence-electron chi connectivity index (χ1n) is 12.8. The Labute approximate surface area is 198 Å². The van der Waals surface area contributed by atoms with Crippen molar-refractivity contribution >= 4 is 0 Å². The molecule has 0 amide bonds. The maximum absolute atomic E-state index is 4.41. The minimum atomic E-state index is 0.742. The summed E-state index contributed by atoms with van der Waals surface area (Å²) in [5, 5.41) is 4.41. The van der Waals surface area contributed by atoms with Crippen molar-refractivity contribution in [3.05, 3.63) is 78.4 Å². The molecule has 1 aliphatic heterocycles. The van der Waals surface area contributed by atoms with Crippen molar-refractivity contribution in [1.82, 2.24) is 24.6 Å². The Balaban J connectivity index is 1.29. The van der Waals surface area contributed by atoms with Crippen LogP contribution in [0.25, 0.3) is 5.69 Å². The maximum Gasteiger partial charge on any atom is 0.0648 e. The Morgan fingerprint density at radius 2 is 1.76 bits per heavy atom. The van der Waals surface area contributed by atoms with Crippen LogP contribution in [0, 0.1) is 5.92 Å². The Bertz CT molecular complexity index is 965. The molecular weight excluding hydrogens is 406 g/mol. The molecule has 1 atom stereocenters. The fourth-order valence-electron chi connectivity index (χ4n) is 5.80. The van der Waals surface area contributed by atoms with Crippen LogP contribution in [0.1, 0.15) is 56.1 Å². The van der Waals surface area contributed by atoms with E-state index in [2.05, 4.69) is 56.3 Å². The second-order valence-corrected chi connectivity index (χ2v) is 9.95. The third-order valence-corrected chi connectivity index (χ3v) is 7.37. The molecule has 0 radical (unpaired) electrons. The molecule has 1 aromatic carbocycles. The van der Waals surface area contributed by atoms with E-state index in [9.17, 15) is 0 Å². The van der Waals surface area contributed by atoms with E-state index in [-0.39, 0.29) is 0 Å². The summed E-state index contributed by atoms with van der Waals surface area (Å²) in [6.45, 7) is 5.60. The van der Waals surface area contributed by atoms with Crippen LogP contribution in [0.15, 0.2) is 67.3 Å². The van der Waals surface area contributed by atoms with Gasteiger partial charge in [0, 0.05) is 57.0 Å². The predicted octanol–water partition coefficient (Wildman–Crippen LogP) is 5.31. The predicted molar refractivity (Wildman–Crippen MR) is 133 cm³/mol. The molecule has 1 aliphatic carbocycles. The molecule has 2 aromatic heterocycles. The topological polar surface area (TPSA) is 37.2 Å². The quantitative estimate of drug-likeness (QED) is 0.473. The molecule has 5 rings (SSSR count). The Hall–Kier alpha value is -2.50. The van der Waals surface area contributed by atoms with Crippen molar-refractivity contribution in [3.63, 3.8) is 0 Å². The van der Waals surface area contributed by atoms with Crippen LogP contribution in [0.2, 0.25) is 0 Å². The third-order valence-electron chi connectivity index (χ3n) is 7.37. The zero-order chi connectivity index (χ0) is 22.3. The first kappa shape index (κ1) is 22.3. The van der Waals surface area contributed by atoms with Gasteiger partial charge in [-0.2, -0.15) is 5.10 Å². The Morgan fingerprint density at radius 1 is 0.879 bits per heavy atom. The first-order valence-corrected chi connectivity index (χ1v) is 12.8. The van der Waals surface area contributed by atoms with Crippen LogP contribution in [-0.4, -0.2) is 50.2 Å². The van der Waals surface area contributed by atoms with Crippen molar-refractivity contribution in [2.75, 3.05) is 19.6 Å². The van der Waals surface area contributed by atoms with E-state index >= 15 is 0 Å². The highest BCUT2D eigenvalue weighted by Crippen LogP contribution is 2.28. The molecule has 2 fully saturated rings. The molecule has 1 saturated carbocycles. The molecule has 1 saturated heterocycles. The largest absolute Gasteiger partial charge is 0.300 e. The average molecular weight is 444 g/mol. The van der Waals surface area contributed by atoms with Crippen LogP contribution in [0.5, 0.6) is 0 Å². The highest BCUT2D eigenvalue weighted by Gasteiger charge is 2.28. The van der Waals surface area contributed by atoms with E-state index in [0.29, 0.717) is 0 Å². The third kappa shape index (κ3) is 6.10. The van der Waals surface area contributed by atoms with Crippen molar-refractivity contribution in [3.8, 4) is 5.69 Å². The van der Waals surface area contributed by atoms with Gasteiger partial charge in [-0.05, 0) is 73.5 Å². The van der Waals surface area contributed by atoms with E-state index in [0.717, 1.165) is 37.3 Å². The summed E-state index contributed by atoms with van der Waals surface area (Å²) in [6.07, 6.45) is 17.5. The van der Waals surface area contributed by atoms with E-state index in [1.807, 2.05) is 35.5 Å². The molecule has 5 nitrogen and oxygen atoms in total. The van der Waals surface area contributed by atoms with Crippen LogP contribution < -0.4 is 0 Å². The molecule has 174 valence electrons. The zero-order valence-electron chi connectivity index (χ0n) is 19.7. The standard InChI is InChI=1S/C28H37N5/c1-2-11-27(12-3-1)32-16-6-10-26(23-32)22-31(21-25-9-5-14-29-19-25)20-24-8-4-13-28(18-24)33-17-7-15-30-33/h4-5,7-9,13-15,17-19,26-27H,1-3,6,10-12,16,20-23H2/t26-/m1/s1. The lowest BCUT2D eigenvalue weighted by Crippen LogP contribution is -2.46. The molecule has 33 heavy (non-hydrogen) atoms. The number of piperidine rings is 1. The van der Waals surface area contributed by atoms with E-state index in [1.54, 1.807) is 0 Å². The lowest BCUT2D eigenvalue weighted by atomic mass is 9.90. The molecule has 0 bridgehead atoms. The highest BCUT2D eigenvalue weighted by atomic mass is 15.3. The Morgan fingerprint density at radius 3 is 2.58 bits per heavy atom. The van der Waals surface area contributed by atoms with Crippen molar-refractivity contribution < 1.29 is 0 Å². The van der Waals surface area contributed by atoms with Gasteiger partial charge in [0.2, 0.25) is 0 Å². The molecule has 3 aromatic rings. The van der Waals surface area contributed by atoms with Crippen molar-refractivity contribution in [1.29, 1.82) is 0 Å². The zero-order valence-corrected chi connectivity index (χ0v) is 19.7. The number of pyridine rings is 1. The van der Waals surface area contributed by atoms with Crippen molar-refractivity contribution in [2.45, 2.75) is 64.1 Å². The molecule has 3 heterocycles. The van der Waals surface area contributed by atoms with Gasteiger partial charge in [0.1, 0.15) is 0 Å². The number of hydrogen-bond donors (Lipinski definition) is 0. The van der Waals surface area contributed by atoms with Crippen molar-refractivity contribution in [2.24, 2.45) is 5.92 Å². The molecule has 0 spiro atoms. The van der Waals surface area contributed by atoms with Crippen LogP contribution in [0.3, 0.4) is 0 Å². The summed E-state index contributed by atoms with van der Waals surface area (Å²) in [5.41, 5.74) is 3.76. The van der Waals surface area contributed by atoms with Gasteiger partial charge in [0.05, 0.1) is 5.69 Å². The molecular formula is C28H37N5. The lowest BCUT2D eigenvalue weighted by molar-refractivity contribution is 0.0771. The van der Waals surface area contributed by atoms with E-state index < -0.39 is 0 Å². The van der Waals surface area contributed by atoms with Crippen LogP contribution >= 0.6 is 0 Å². The van der Waals surface area contributed by atoms with Crippen LogP contribution in [0.4, 0.5) is 0 Å². The average Bonchev–Trinajstić information content (AvgIpc) is 3.41. The summed E-state index contributed by atoms with van der Waals surface area (Å²) in [4.78, 5) is 9.83. The second kappa shape index (κ2) is 11.1. The highest BCUT2D eigenvalue weighted by molar-refractivity contribution is 5.35. The summed E-state index contributed by atoms with van der Waals surface area (Å²) >= 11 is 0. The van der Waals surface area contributed by atoms with Gasteiger partial charge < -0.3 is 4.90 Å². The number of rotatable bonds is 8. The molecule has 5 heteroatoms. The van der Waals surface area contributed by atoms with Gasteiger partial charge in [-0.25, -0.2) is 4.68 Å². The Kier molecular flexibility index (Phi) is 7.49. The number of nitrogens with zero attached hydrogens (tertiary/aromatic N) is 5. The molecule has 0 N–H and O–H groups in total. The number of hydrogen-bond acceptors (Lipinski definition) is 4. The van der Waals surface area contributed by atoms with Gasteiger partial charge in [-0.15, -0.1) is 0 Å². The summed E-state index contributed by atoms with van der Waals surface area (Å²) < 4.78 is 1.94. The monoisotopic (exact) mass is 443 g/mol. The minimum Gasteiger partial charge on any atom is -0.300 e. The maximum atomic E-state index is 4.41. The van der Waals surface area contributed by atoms with E-state index in [1.165, 1.54) is 69.2 Å². The summed E-state index contributed by atoms with van der Waals surface area (Å²) in [6, 6.07) is 15.9. The summed E-state index contributed by atoms with van der Waals surface area (Å²) in [7, 11) is 0. The first-order chi connectivity index (χ1) is 16.3. The normalized spacial score (nSPS) is 20.3. The van der Waals surface area contributed by atoms with Gasteiger partial charge >= 0.3 is 0 Å². The fraction of sp³-hybridized carbons (Fsp3) is 0.500. The number of aromatic nitrogens is 3. The van der Waals surface area contributed by atoms with Gasteiger partial charge in [-0.1, -0.05) is 37.5 Å². The van der Waals surface area contributed by atoms with Gasteiger partial charge in [-0.3, -0.25) is 9.88 Å². The fourth-order valence-corrected chi connectivity index (χ4v) is 5.80. The number of benzene rings is 1. The number of likely N-dealkylation sites (tertiary alicyclic amines) is 1. The van der Waals surface area contributed by atoms with E-state index in [4.69, 9.17) is 0 Å². The second-order valence-electron chi connectivity index (χ2n) is 9.95. The minimum absolute atomic E-state index is 0.742. The lowest BCUT2D eigenvalue weighted by Gasteiger charge is -2.41. The van der Waals surface area contributed by atoms with Gasteiger partial charge in [0.25, 0.3) is 0 Å². The molecule has 2 aliphatic rings. The smallest absolute Gasteiger partial charge is 0.0648 e.